The van der Waals surface area contributed by atoms with Crippen LogP contribution in [0.1, 0.15) is 32.4 Å². The molecule has 0 atom stereocenters. The second-order valence-electron chi connectivity index (χ2n) is 4.77. The maximum atomic E-state index is 5.43. The van der Waals surface area contributed by atoms with Gasteiger partial charge in [0.2, 0.25) is 5.88 Å². The smallest absolute Gasteiger partial charge is 0.232 e. The predicted octanol–water partition coefficient (Wildman–Crippen LogP) is 1.53. The largest absolute Gasteiger partial charge is 0.474 e. The quantitative estimate of drug-likeness (QED) is 0.710. The average Bonchev–Trinajstić information content (AvgIpc) is 3.17. The van der Waals surface area contributed by atoms with Crippen molar-refractivity contribution in [3.63, 3.8) is 0 Å². The Balaban J connectivity index is 1.66. The molecule has 1 saturated carbocycles. The maximum absolute atomic E-state index is 5.43. The van der Waals surface area contributed by atoms with Gasteiger partial charge < -0.3 is 14.8 Å². The standard InChI is InChI=1S/C13H21N3O2/c1-10(2)17-5-6-18-13-9-15-12(8-16-13)7-14-11-3-4-11/h8-11,14H,3-7H2,1-2H3. The van der Waals surface area contributed by atoms with Crippen molar-refractivity contribution in [3.05, 3.63) is 18.1 Å². The Morgan fingerprint density at radius 3 is 2.72 bits per heavy atom. The lowest BCUT2D eigenvalue weighted by Gasteiger charge is -2.08. The maximum Gasteiger partial charge on any atom is 0.232 e. The Bertz CT molecular complexity index is 350. The van der Waals surface area contributed by atoms with Gasteiger partial charge in [0.05, 0.1) is 30.8 Å². The molecule has 1 aliphatic rings. The molecule has 0 aromatic carbocycles. The molecule has 100 valence electrons. The molecular weight excluding hydrogens is 230 g/mol. The summed E-state index contributed by atoms with van der Waals surface area (Å²) in [5, 5.41) is 3.39. The normalized spacial score (nSPS) is 15.1. The van der Waals surface area contributed by atoms with E-state index in [0.29, 0.717) is 25.1 Å². The molecule has 1 aliphatic carbocycles. The molecule has 0 amide bonds. The highest BCUT2D eigenvalue weighted by atomic mass is 16.5. The van der Waals surface area contributed by atoms with Gasteiger partial charge in [-0.15, -0.1) is 0 Å². The van der Waals surface area contributed by atoms with Crippen LogP contribution in [0.2, 0.25) is 0 Å². The molecule has 5 nitrogen and oxygen atoms in total. The zero-order valence-corrected chi connectivity index (χ0v) is 11.1. The summed E-state index contributed by atoms with van der Waals surface area (Å²) in [5.74, 6) is 0.553. The summed E-state index contributed by atoms with van der Waals surface area (Å²) in [5.41, 5.74) is 0.952. The van der Waals surface area contributed by atoms with Gasteiger partial charge in [-0.3, -0.25) is 4.98 Å². The topological polar surface area (TPSA) is 56.3 Å². The van der Waals surface area contributed by atoms with Crippen molar-refractivity contribution in [1.29, 1.82) is 0 Å². The van der Waals surface area contributed by atoms with Crippen LogP contribution in [0.4, 0.5) is 0 Å². The fourth-order valence-corrected chi connectivity index (χ4v) is 1.48. The van der Waals surface area contributed by atoms with Crippen LogP contribution in [-0.4, -0.2) is 35.3 Å². The molecular formula is C13H21N3O2. The van der Waals surface area contributed by atoms with E-state index in [0.717, 1.165) is 12.2 Å². The van der Waals surface area contributed by atoms with Gasteiger partial charge in [-0.05, 0) is 26.7 Å². The predicted molar refractivity (Wildman–Crippen MR) is 68.5 cm³/mol. The minimum absolute atomic E-state index is 0.232. The number of ether oxygens (including phenoxy) is 2. The number of hydrogen-bond acceptors (Lipinski definition) is 5. The van der Waals surface area contributed by atoms with Gasteiger partial charge in [0.15, 0.2) is 0 Å². The average molecular weight is 251 g/mol. The molecule has 0 spiro atoms. The second kappa shape index (κ2) is 6.66. The van der Waals surface area contributed by atoms with Crippen LogP contribution in [-0.2, 0) is 11.3 Å². The fraction of sp³-hybridized carbons (Fsp3) is 0.692. The Labute approximate surface area is 108 Å². The first-order chi connectivity index (χ1) is 8.74. The van der Waals surface area contributed by atoms with Crippen LogP contribution in [0.3, 0.4) is 0 Å². The molecule has 0 bridgehead atoms. The van der Waals surface area contributed by atoms with Crippen LogP contribution in [0, 0.1) is 0 Å². The Hall–Kier alpha value is -1.20. The third-order valence-electron chi connectivity index (χ3n) is 2.62. The molecule has 0 unspecified atom stereocenters. The zero-order chi connectivity index (χ0) is 12.8. The van der Waals surface area contributed by atoms with Crippen LogP contribution in [0.5, 0.6) is 5.88 Å². The summed E-state index contributed by atoms with van der Waals surface area (Å²) in [7, 11) is 0. The molecule has 5 heteroatoms. The highest BCUT2D eigenvalue weighted by Crippen LogP contribution is 2.19. The lowest BCUT2D eigenvalue weighted by atomic mass is 10.4. The van der Waals surface area contributed by atoms with Gasteiger partial charge in [-0.25, -0.2) is 4.98 Å². The van der Waals surface area contributed by atoms with Gasteiger partial charge in [-0.2, -0.15) is 0 Å². The molecule has 1 aromatic rings. The SMILES string of the molecule is CC(C)OCCOc1cnc(CNC2CC2)cn1. The lowest BCUT2D eigenvalue weighted by molar-refractivity contribution is 0.0541. The van der Waals surface area contributed by atoms with Crippen molar-refractivity contribution in [2.75, 3.05) is 13.2 Å². The molecule has 0 radical (unpaired) electrons. The Morgan fingerprint density at radius 2 is 2.11 bits per heavy atom. The van der Waals surface area contributed by atoms with E-state index in [1.165, 1.54) is 12.8 Å². The van der Waals surface area contributed by atoms with Crippen LogP contribution in [0.15, 0.2) is 12.4 Å². The second-order valence-corrected chi connectivity index (χ2v) is 4.77. The first-order valence-corrected chi connectivity index (χ1v) is 6.53. The molecule has 1 N–H and O–H groups in total. The van der Waals surface area contributed by atoms with Crippen LogP contribution >= 0.6 is 0 Å². The number of nitrogens with one attached hydrogen (secondary N) is 1. The van der Waals surface area contributed by atoms with Gasteiger partial charge in [0.25, 0.3) is 0 Å². The van der Waals surface area contributed by atoms with Crippen molar-refractivity contribution in [3.8, 4) is 5.88 Å². The Morgan fingerprint density at radius 1 is 1.28 bits per heavy atom. The third-order valence-corrected chi connectivity index (χ3v) is 2.62. The van der Waals surface area contributed by atoms with Crippen LogP contribution < -0.4 is 10.1 Å². The Kier molecular flexibility index (Phi) is 4.90. The van der Waals surface area contributed by atoms with Crippen LogP contribution in [0.25, 0.3) is 0 Å². The number of nitrogens with zero attached hydrogens (tertiary/aromatic N) is 2. The fourth-order valence-electron chi connectivity index (χ4n) is 1.48. The molecule has 1 aromatic heterocycles. The van der Waals surface area contributed by atoms with E-state index in [4.69, 9.17) is 9.47 Å². The molecule has 0 aliphatic heterocycles. The first-order valence-electron chi connectivity index (χ1n) is 6.53. The van der Waals surface area contributed by atoms with E-state index in [-0.39, 0.29) is 6.10 Å². The number of rotatable bonds is 8. The first kappa shape index (κ1) is 13.2. The van der Waals surface area contributed by atoms with E-state index in [9.17, 15) is 0 Å². The minimum Gasteiger partial charge on any atom is -0.474 e. The molecule has 1 heterocycles. The van der Waals surface area contributed by atoms with E-state index in [2.05, 4.69) is 15.3 Å². The van der Waals surface area contributed by atoms with Crippen molar-refractivity contribution in [1.82, 2.24) is 15.3 Å². The van der Waals surface area contributed by atoms with Gasteiger partial charge in [0, 0.05) is 12.6 Å². The minimum atomic E-state index is 0.232. The van der Waals surface area contributed by atoms with Crippen molar-refractivity contribution in [2.45, 2.75) is 45.4 Å². The summed E-state index contributed by atoms with van der Waals surface area (Å²) in [6.07, 6.45) is 6.22. The van der Waals surface area contributed by atoms with E-state index in [1.54, 1.807) is 12.4 Å². The van der Waals surface area contributed by atoms with E-state index >= 15 is 0 Å². The zero-order valence-electron chi connectivity index (χ0n) is 11.1. The monoisotopic (exact) mass is 251 g/mol. The van der Waals surface area contributed by atoms with E-state index < -0.39 is 0 Å². The summed E-state index contributed by atoms with van der Waals surface area (Å²) >= 11 is 0. The summed E-state index contributed by atoms with van der Waals surface area (Å²) < 4.78 is 10.8. The summed E-state index contributed by atoms with van der Waals surface area (Å²) in [6, 6.07) is 0.691. The van der Waals surface area contributed by atoms with Gasteiger partial charge >= 0.3 is 0 Å². The van der Waals surface area contributed by atoms with Crippen molar-refractivity contribution < 1.29 is 9.47 Å². The van der Waals surface area contributed by atoms with Crippen molar-refractivity contribution in [2.24, 2.45) is 0 Å². The van der Waals surface area contributed by atoms with E-state index in [1.807, 2.05) is 13.8 Å². The summed E-state index contributed by atoms with van der Waals surface area (Å²) in [6.45, 7) is 5.87. The molecule has 0 saturated heterocycles. The number of aromatic nitrogens is 2. The highest BCUT2D eigenvalue weighted by molar-refractivity contribution is 5.07. The third kappa shape index (κ3) is 4.98. The van der Waals surface area contributed by atoms with Crippen molar-refractivity contribution >= 4 is 0 Å². The van der Waals surface area contributed by atoms with Gasteiger partial charge in [-0.1, -0.05) is 0 Å². The molecule has 18 heavy (non-hydrogen) atoms. The number of hydrogen-bond donors (Lipinski definition) is 1. The lowest BCUT2D eigenvalue weighted by Crippen LogP contribution is -2.16. The highest BCUT2D eigenvalue weighted by Gasteiger charge is 2.20. The molecule has 2 rings (SSSR count). The van der Waals surface area contributed by atoms with Gasteiger partial charge in [0.1, 0.15) is 6.61 Å². The summed E-state index contributed by atoms with van der Waals surface area (Å²) in [4.78, 5) is 8.51. The molecule has 1 fully saturated rings.